The summed E-state index contributed by atoms with van der Waals surface area (Å²) >= 11 is 6.40. The Kier molecular flexibility index (Phi) is 8.60. The van der Waals surface area contributed by atoms with Crippen LogP contribution in [0.15, 0.2) is 36.3 Å². The van der Waals surface area contributed by atoms with E-state index in [2.05, 4.69) is 19.6 Å². The third kappa shape index (κ3) is 5.89. The third-order valence-corrected chi connectivity index (χ3v) is 8.72. The molecule has 3 aliphatic heterocycles. The van der Waals surface area contributed by atoms with E-state index >= 15 is 0 Å². The van der Waals surface area contributed by atoms with Crippen molar-refractivity contribution in [3.63, 3.8) is 0 Å². The molecule has 222 valence electrons. The Bertz CT molecular complexity index is 1440. The minimum Gasteiger partial charge on any atom is -0.462 e. The topological polar surface area (TPSA) is 116 Å². The number of benzene rings is 1. The number of ether oxygens (including phenoxy) is 1. The van der Waals surface area contributed by atoms with Gasteiger partial charge in [-0.15, -0.1) is 0 Å². The zero-order chi connectivity index (χ0) is 30.1. The first kappa shape index (κ1) is 29.7. The molecule has 3 aliphatic rings. The summed E-state index contributed by atoms with van der Waals surface area (Å²) < 4.78 is 4.51. The first-order chi connectivity index (χ1) is 20.1. The number of likely N-dealkylation sites (tertiary alicyclic amines) is 2. The molecule has 1 aromatic heterocycles. The molecule has 1 atom stereocenters. The van der Waals surface area contributed by atoms with Crippen LogP contribution in [0.1, 0.15) is 33.7 Å². The zero-order valence-corrected chi connectivity index (χ0v) is 25.1. The Morgan fingerprint density at radius 3 is 2.40 bits per heavy atom. The number of hydrogen-bond acceptors (Lipinski definition) is 8. The molecule has 0 bridgehead atoms. The number of hydrogen-bond donors (Lipinski definition) is 0. The molecule has 0 spiro atoms. The summed E-state index contributed by atoms with van der Waals surface area (Å²) in [5.41, 5.74) is 4.79. The highest BCUT2D eigenvalue weighted by molar-refractivity contribution is 6.32. The third-order valence-electron chi connectivity index (χ3n) is 8.32. The van der Waals surface area contributed by atoms with Crippen molar-refractivity contribution in [2.24, 2.45) is 11.8 Å². The van der Waals surface area contributed by atoms with Crippen molar-refractivity contribution in [1.29, 1.82) is 0 Å². The first-order valence-corrected chi connectivity index (χ1v) is 14.4. The molecule has 1 unspecified atom stereocenters. The summed E-state index contributed by atoms with van der Waals surface area (Å²) in [6.45, 7) is 9.43. The van der Waals surface area contributed by atoms with Crippen LogP contribution < -0.4 is 4.90 Å². The van der Waals surface area contributed by atoms with Crippen LogP contribution in [-0.4, -0.2) is 101 Å². The largest absolute Gasteiger partial charge is 0.462 e. The first-order valence-electron chi connectivity index (χ1n) is 14.0. The summed E-state index contributed by atoms with van der Waals surface area (Å²) in [4.78, 5) is 66.0. The maximum absolute atomic E-state index is 13.5. The molecule has 0 N–H and O–H groups in total. The van der Waals surface area contributed by atoms with E-state index in [4.69, 9.17) is 11.6 Å². The lowest BCUT2D eigenvalue weighted by atomic mass is 9.97. The summed E-state index contributed by atoms with van der Waals surface area (Å²) in [5, 5.41) is 0.576. The molecule has 5 rings (SSSR count). The van der Waals surface area contributed by atoms with Gasteiger partial charge in [-0.05, 0) is 50.5 Å². The van der Waals surface area contributed by atoms with Gasteiger partial charge in [-0.1, -0.05) is 17.7 Å². The Hall–Kier alpha value is -3.83. The maximum Gasteiger partial charge on any atom is 0.396 e. The van der Waals surface area contributed by atoms with Crippen LogP contribution in [0.25, 0.3) is 0 Å². The van der Waals surface area contributed by atoms with Crippen LogP contribution in [0.3, 0.4) is 0 Å². The second-order valence-corrected chi connectivity index (χ2v) is 11.6. The van der Waals surface area contributed by atoms with E-state index in [0.717, 1.165) is 38.7 Å². The summed E-state index contributed by atoms with van der Waals surface area (Å²) in [6, 6.07) is 5.56. The molecule has 4 heterocycles. The van der Waals surface area contributed by atoms with Crippen molar-refractivity contribution in [1.82, 2.24) is 24.7 Å². The average Bonchev–Trinajstić information content (AvgIpc) is 3.50. The van der Waals surface area contributed by atoms with Crippen LogP contribution in [0.5, 0.6) is 0 Å². The van der Waals surface area contributed by atoms with Gasteiger partial charge in [-0.3, -0.25) is 19.3 Å². The summed E-state index contributed by atoms with van der Waals surface area (Å²) in [7, 11) is 1.16. The number of aromatic nitrogens is 2. The molecule has 0 aliphatic carbocycles. The minimum absolute atomic E-state index is 0.0622. The van der Waals surface area contributed by atoms with Gasteiger partial charge in [0, 0.05) is 68.6 Å². The Labute approximate surface area is 250 Å². The number of methoxy groups -OCH3 is 1. The van der Waals surface area contributed by atoms with Crippen LogP contribution >= 0.6 is 11.6 Å². The summed E-state index contributed by atoms with van der Waals surface area (Å²) in [6.07, 6.45) is 4.18. The van der Waals surface area contributed by atoms with Crippen LogP contribution in [0, 0.1) is 32.6 Å². The Balaban J connectivity index is 1.19. The predicted molar refractivity (Wildman–Crippen MR) is 156 cm³/mol. The number of aryl methyl sites for hydroxylation is 3. The fourth-order valence-corrected chi connectivity index (χ4v) is 6.03. The lowest BCUT2D eigenvalue weighted by molar-refractivity contribution is -0.162. The molecule has 11 nitrogen and oxygen atoms in total. The van der Waals surface area contributed by atoms with Gasteiger partial charge in [0.1, 0.15) is 6.33 Å². The van der Waals surface area contributed by atoms with Gasteiger partial charge < -0.3 is 19.4 Å². The van der Waals surface area contributed by atoms with Gasteiger partial charge in [0.25, 0.3) is 5.91 Å². The summed E-state index contributed by atoms with van der Waals surface area (Å²) in [5.74, 6) is -1.95. The monoisotopic (exact) mass is 594 g/mol. The standard InChI is InChI=1S/C30H35ClN6O5/c1-18-6-7-24(10-25(18)31)37(27(38)23-15-36(16-23)29(40)30(41)42-4)9-5-8-34-11-21-13-35(14-22(21)12-34)28(39)26-19(2)32-17-33-20(26)3/h6-7,10,13,17,22-23H,5,8-9,11-12,14-16H2,1-4H3. The Morgan fingerprint density at radius 2 is 1.76 bits per heavy atom. The highest BCUT2D eigenvalue weighted by Gasteiger charge is 2.41. The van der Waals surface area contributed by atoms with E-state index < -0.39 is 17.8 Å². The molecular weight excluding hydrogens is 560 g/mol. The van der Waals surface area contributed by atoms with Crippen molar-refractivity contribution in [2.45, 2.75) is 27.2 Å². The van der Waals surface area contributed by atoms with Crippen molar-refractivity contribution < 1.29 is 23.9 Å². The number of anilines is 1. The normalized spacial score (nSPS) is 18.4. The van der Waals surface area contributed by atoms with Crippen LogP contribution in [-0.2, 0) is 19.1 Å². The molecule has 1 aromatic carbocycles. The van der Waals surface area contributed by atoms with E-state index in [1.54, 1.807) is 15.9 Å². The number of halogens is 1. The molecule has 0 saturated carbocycles. The molecule has 2 fully saturated rings. The van der Waals surface area contributed by atoms with Crippen molar-refractivity contribution >= 4 is 41.0 Å². The fraction of sp³-hybridized carbons (Fsp3) is 0.467. The van der Waals surface area contributed by atoms with E-state index in [1.165, 1.54) is 16.8 Å². The molecule has 12 heteroatoms. The minimum atomic E-state index is -0.930. The van der Waals surface area contributed by atoms with Gasteiger partial charge in [0.2, 0.25) is 5.91 Å². The van der Waals surface area contributed by atoms with Crippen LogP contribution in [0.4, 0.5) is 5.69 Å². The molecular formula is C30H35ClN6O5. The highest BCUT2D eigenvalue weighted by atomic mass is 35.5. The number of amides is 3. The number of carbonyl (C=O) groups is 4. The van der Waals surface area contributed by atoms with Gasteiger partial charge in [-0.2, -0.15) is 0 Å². The van der Waals surface area contributed by atoms with Crippen LogP contribution in [0.2, 0.25) is 5.02 Å². The van der Waals surface area contributed by atoms with Crippen molar-refractivity contribution in [3.05, 3.63) is 63.8 Å². The lowest BCUT2D eigenvalue weighted by Gasteiger charge is -2.40. The molecule has 0 radical (unpaired) electrons. The maximum atomic E-state index is 13.5. The van der Waals surface area contributed by atoms with E-state index in [1.807, 2.05) is 39.1 Å². The molecule has 2 saturated heterocycles. The lowest BCUT2D eigenvalue weighted by Crippen LogP contribution is -2.58. The number of carbonyl (C=O) groups excluding carboxylic acids is 4. The molecule has 3 amide bonds. The number of rotatable bonds is 7. The van der Waals surface area contributed by atoms with E-state index in [-0.39, 0.29) is 30.8 Å². The van der Waals surface area contributed by atoms with Crippen molar-refractivity contribution in [2.75, 3.05) is 57.8 Å². The SMILES string of the molecule is COC(=O)C(=O)N1CC(C(=O)N(CCCN2CC3=CN(C(=O)c4c(C)ncnc4C)CC3C2)c2ccc(C)c(Cl)c2)C1. The van der Waals surface area contributed by atoms with Gasteiger partial charge in [0.05, 0.1) is 30.0 Å². The van der Waals surface area contributed by atoms with E-state index in [0.29, 0.717) is 40.8 Å². The predicted octanol–water partition coefficient (Wildman–Crippen LogP) is 2.38. The van der Waals surface area contributed by atoms with Crippen molar-refractivity contribution in [3.8, 4) is 0 Å². The fourth-order valence-electron chi connectivity index (χ4n) is 5.86. The smallest absolute Gasteiger partial charge is 0.396 e. The van der Waals surface area contributed by atoms with Gasteiger partial charge in [-0.25, -0.2) is 14.8 Å². The van der Waals surface area contributed by atoms with Gasteiger partial charge in [0.15, 0.2) is 0 Å². The number of esters is 1. The second kappa shape index (κ2) is 12.2. The number of nitrogens with zero attached hydrogens (tertiary/aromatic N) is 6. The van der Waals surface area contributed by atoms with E-state index in [9.17, 15) is 19.2 Å². The highest BCUT2D eigenvalue weighted by Crippen LogP contribution is 2.32. The zero-order valence-electron chi connectivity index (χ0n) is 24.3. The quantitative estimate of drug-likeness (QED) is 0.354. The molecule has 42 heavy (non-hydrogen) atoms. The average molecular weight is 595 g/mol. The molecule has 2 aromatic rings. The number of fused-ring (bicyclic) bond motifs is 1. The van der Waals surface area contributed by atoms with Gasteiger partial charge >= 0.3 is 11.9 Å². The Morgan fingerprint density at radius 1 is 1.05 bits per heavy atom. The second-order valence-electron chi connectivity index (χ2n) is 11.2.